The zero-order chi connectivity index (χ0) is 20.2. The zero-order valence-corrected chi connectivity index (χ0v) is 16.6. The quantitative estimate of drug-likeness (QED) is 0.595. The van der Waals surface area contributed by atoms with Crippen molar-refractivity contribution in [1.29, 1.82) is 0 Å². The van der Waals surface area contributed by atoms with Crippen molar-refractivity contribution < 1.29 is 23.9 Å². The van der Waals surface area contributed by atoms with Gasteiger partial charge < -0.3 is 14.8 Å². The number of para-hydroxylation sites is 1. The summed E-state index contributed by atoms with van der Waals surface area (Å²) >= 11 is 0. The number of benzene rings is 1. The van der Waals surface area contributed by atoms with Gasteiger partial charge in [-0.25, -0.2) is 0 Å². The molecular weight excluding hydrogens is 348 g/mol. The average Bonchev–Trinajstić information content (AvgIpc) is 2.61. The van der Waals surface area contributed by atoms with Crippen LogP contribution < -0.4 is 5.32 Å². The topological polar surface area (TPSA) is 84.9 Å². The second kappa shape index (κ2) is 12.1. The summed E-state index contributed by atoms with van der Waals surface area (Å²) in [5.41, 5.74) is 0.708. The van der Waals surface area contributed by atoms with Crippen LogP contribution in [0.3, 0.4) is 0 Å². The van der Waals surface area contributed by atoms with Crippen LogP contribution in [0.25, 0.3) is 0 Å². The fourth-order valence-electron chi connectivity index (χ4n) is 2.08. The predicted octanol–water partition coefficient (Wildman–Crippen LogP) is 2.33. The van der Waals surface area contributed by atoms with Crippen molar-refractivity contribution in [3.8, 4) is 0 Å². The van der Waals surface area contributed by atoms with E-state index in [0.717, 1.165) is 0 Å². The van der Waals surface area contributed by atoms with Crippen LogP contribution in [0.5, 0.6) is 0 Å². The zero-order valence-electron chi connectivity index (χ0n) is 16.6. The molecule has 0 saturated heterocycles. The normalized spacial score (nSPS) is 10.9. The van der Waals surface area contributed by atoms with Crippen LogP contribution in [0, 0.1) is 11.8 Å². The number of hydrogen-bond acceptors (Lipinski definition) is 6. The number of carbonyl (C=O) groups is 3. The van der Waals surface area contributed by atoms with Crippen LogP contribution in [0.15, 0.2) is 30.3 Å². The third-order valence-electron chi connectivity index (χ3n) is 3.67. The van der Waals surface area contributed by atoms with Gasteiger partial charge in [0.1, 0.15) is 13.2 Å². The van der Waals surface area contributed by atoms with Crippen molar-refractivity contribution >= 4 is 23.5 Å². The number of anilines is 1. The van der Waals surface area contributed by atoms with E-state index in [0.29, 0.717) is 18.8 Å². The predicted molar refractivity (Wildman–Crippen MR) is 103 cm³/mol. The molecule has 1 aromatic rings. The first-order valence-electron chi connectivity index (χ1n) is 9.20. The summed E-state index contributed by atoms with van der Waals surface area (Å²) in [4.78, 5) is 37.2. The van der Waals surface area contributed by atoms with Crippen LogP contribution in [-0.2, 0) is 23.9 Å². The molecule has 0 aliphatic carbocycles. The number of esters is 2. The Labute approximate surface area is 161 Å². The minimum absolute atomic E-state index is 0.105. The molecule has 0 saturated carbocycles. The molecule has 27 heavy (non-hydrogen) atoms. The van der Waals surface area contributed by atoms with E-state index in [1.165, 1.54) is 0 Å². The minimum Gasteiger partial charge on any atom is -0.464 e. The van der Waals surface area contributed by atoms with Crippen molar-refractivity contribution in [1.82, 2.24) is 4.90 Å². The van der Waals surface area contributed by atoms with Gasteiger partial charge in [0.05, 0.1) is 18.4 Å². The van der Waals surface area contributed by atoms with Gasteiger partial charge in [-0.05, 0) is 12.1 Å². The fraction of sp³-hybridized carbons (Fsp3) is 0.550. The van der Waals surface area contributed by atoms with Gasteiger partial charge in [0.15, 0.2) is 0 Å². The van der Waals surface area contributed by atoms with Crippen molar-refractivity contribution in [3.63, 3.8) is 0 Å². The molecule has 0 aliphatic heterocycles. The van der Waals surface area contributed by atoms with E-state index in [2.05, 4.69) is 5.32 Å². The lowest BCUT2D eigenvalue weighted by Gasteiger charge is -2.22. The number of amides is 1. The van der Waals surface area contributed by atoms with Crippen LogP contribution >= 0.6 is 0 Å². The summed E-state index contributed by atoms with van der Waals surface area (Å²) in [5, 5.41) is 2.81. The molecule has 0 heterocycles. The Hall–Kier alpha value is -2.41. The van der Waals surface area contributed by atoms with E-state index in [-0.39, 0.29) is 49.4 Å². The largest absolute Gasteiger partial charge is 0.464 e. The smallest absolute Gasteiger partial charge is 0.308 e. The van der Waals surface area contributed by atoms with Gasteiger partial charge in [0, 0.05) is 18.8 Å². The molecule has 0 spiro atoms. The van der Waals surface area contributed by atoms with Crippen molar-refractivity contribution in [2.75, 3.05) is 38.2 Å². The highest BCUT2D eigenvalue weighted by atomic mass is 16.5. The van der Waals surface area contributed by atoms with Crippen molar-refractivity contribution in [3.05, 3.63) is 30.3 Å². The molecule has 7 nitrogen and oxygen atoms in total. The van der Waals surface area contributed by atoms with E-state index in [1.54, 1.807) is 44.7 Å². The van der Waals surface area contributed by atoms with Crippen LogP contribution in [0.2, 0.25) is 0 Å². The molecule has 0 radical (unpaired) electrons. The average molecular weight is 378 g/mol. The fourth-order valence-corrected chi connectivity index (χ4v) is 2.08. The molecule has 0 unspecified atom stereocenters. The SMILES string of the molecule is CC(C)C(=O)OCCN(CCOC(=O)C(C)C)CC(=O)Nc1ccccc1. The summed E-state index contributed by atoms with van der Waals surface area (Å²) in [6.45, 7) is 8.25. The summed E-state index contributed by atoms with van der Waals surface area (Å²) in [5.74, 6) is -1.16. The summed E-state index contributed by atoms with van der Waals surface area (Å²) in [6.07, 6.45) is 0. The monoisotopic (exact) mass is 378 g/mol. The van der Waals surface area contributed by atoms with E-state index in [4.69, 9.17) is 9.47 Å². The minimum atomic E-state index is -0.282. The van der Waals surface area contributed by atoms with Crippen LogP contribution in [0.4, 0.5) is 5.69 Å². The van der Waals surface area contributed by atoms with Gasteiger partial charge >= 0.3 is 11.9 Å². The second-order valence-corrected chi connectivity index (χ2v) is 6.83. The Morgan fingerprint density at radius 2 is 1.37 bits per heavy atom. The number of ether oxygens (including phenoxy) is 2. The molecule has 0 atom stereocenters. The first-order chi connectivity index (χ1) is 12.8. The maximum absolute atomic E-state index is 12.3. The van der Waals surface area contributed by atoms with Gasteiger partial charge in [-0.1, -0.05) is 45.9 Å². The maximum Gasteiger partial charge on any atom is 0.308 e. The molecular formula is C20H30N2O5. The third-order valence-corrected chi connectivity index (χ3v) is 3.67. The highest BCUT2D eigenvalue weighted by Gasteiger charge is 2.15. The number of hydrogen-bond donors (Lipinski definition) is 1. The summed E-state index contributed by atoms with van der Waals surface area (Å²) < 4.78 is 10.4. The Balaban J connectivity index is 2.53. The highest BCUT2D eigenvalue weighted by molar-refractivity contribution is 5.92. The molecule has 7 heteroatoms. The molecule has 1 rings (SSSR count). The molecule has 0 bridgehead atoms. The lowest BCUT2D eigenvalue weighted by atomic mass is 10.2. The van der Waals surface area contributed by atoms with Crippen LogP contribution in [-0.4, -0.2) is 55.6 Å². The van der Waals surface area contributed by atoms with E-state index < -0.39 is 0 Å². The Morgan fingerprint density at radius 1 is 0.889 bits per heavy atom. The maximum atomic E-state index is 12.3. The van der Waals surface area contributed by atoms with E-state index in [9.17, 15) is 14.4 Å². The van der Waals surface area contributed by atoms with E-state index in [1.807, 2.05) is 18.2 Å². The van der Waals surface area contributed by atoms with Gasteiger partial charge in [0.2, 0.25) is 5.91 Å². The molecule has 1 amide bonds. The Kier molecular flexibility index (Phi) is 10.1. The number of rotatable bonds is 11. The number of carbonyl (C=O) groups excluding carboxylic acids is 3. The van der Waals surface area contributed by atoms with Gasteiger partial charge in [-0.3, -0.25) is 19.3 Å². The van der Waals surface area contributed by atoms with Crippen LogP contribution in [0.1, 0.15) is 27.7 Å². The number of nitrogens with zero attached hydrogens (tertiary/aromatic N) is 1. The van der Waals surface area contributed by atoms with Crippen molar-refractivity contribution in [2.45, 2.75) is 27.7 Å². The summed E-state index contributed by atoms with van der Waals surface area (Å²) in [6, 6.07) is 9.15. The Morgan fingerprint density at radius 3 is 1.81 bits per heavy atom. The lowest BCUT2D eigenvalue weighted by Crippen LogP contribution is -2.38. The van der Waals surface area contributed by atoms with Gasteiger partial charge in [0.25, 0.3) is 0 Å². The molecule has 1 aromatic carbocycles. The molecule has 0 aliphatic rings. The standard InChI is InChI=1S/C20H30N2O5/c1-15(2)19(24)26-12-10-22(11-13-27-20(25)16(3)4)14-18(23)21-17-8-6-5-7-9-17/h5-9,15-16H,10-14H2,1-4H3,(H,21,23). The van der Waals surface area contributed by atoms with Gasteiger partial charge in [-0.2, -0.15) is 0 Å². The first-order valence-corrected chi connectivity index (χ1v) is 9.20. The lowest BCUT2D eigenvalue weighted by molar-refractivity contribution is -0.148. The van der Waals surface area contributed by atoms with Gasteiger partial charge in [-0.15, -0.1) is 0 Å². The second-order valence-electron chi connectivity index (χ2n) is 6.83. The third kappa shape index (κ3) is 9.75. The molecule has 0 aromatic heterocycles. The Bertz CT molecular complexity index is 576. The summed E-state index contributed by atoms with van der Waals surface area (Å²) in [7, 11) is 0. The molecule has 0 fully saturated rings. The molecule has 1 N–H and O–H groups in total. The van der Waals surface area contributed by atoms with Crippen molar-refractivity contribution in [2.24, 2.45) is 11.8 Å². The first kappa shape index (κ1) is 22.6. The highest BCUT2D eigenvalue weighted by Crippen LogP contribution is 2.05. The molecule has 150 valence electrons. The number of nitrogens with one attached hydrogen (secondary N) is 1. The van der Waals surface area contributed by atoms with E-state index >= 15 is 0 Å².